The highest BCUT2D eigenvalue weighted by atomic mass is 16.2. The van der Waals surface area contributed by atoms with E-state index in [2.05, 4.69) is 39.4 Å². The molecule has 0 bridgehead atoms. The van der Waals surface area contributed by atoms with Crippen molar-refractivity contribution in [2.45, 2.75) is 13.0 Å². The van der Waals surface area contributed by atoms with Crippen LogP contribution in [-0.2, 0) is 11.3 Å². The normalized spacial score (nSPS) is 11.7. The van der Waals surface area contributed by atoms with Gasteiger partial charge in [0, 0.05) is 41.0 Å². The fourth-order valence-corrected chi connectivity index (χ4v) is 3.38. The molecular formula is C24H21N3O. The maximum Gasteiger partial charge on any atom is 0.241 e. The zero-order valence-electron chi connectivity index (χ0n) is 15.5. The minimum Gasteiger partial charge on any atom is -0.340 e. The summed E-state index contributed by atoms with van der Waals surface area (Å²) in [6.45, 7) is 0.606. The predicted octanol–water partition coefficient (Wildman–Crippen LogP) is 5.00. The molecule has 0 saturated carbocycles. The number of allylic oxidation sites excluding steroid dienone is 1. The quantitative estimate of drug-likeness (QED) is 0.378. The summed E-state index contributed by atoms with van der Waals surface area (Å²) >= 11 is 0. The number of aromatic nitrogens is 1. The maximum absolute atomic E-state index is 12.2. The van der Waals surface area contributed by atoms with Crippen LogP contribution in [0.1, 0.15) is 12.0 Å². The molecule has 4 aromatic rings. The Labute approximate surface area is 163 Å². The fourth-order valence-electron chi connectivity index (χ4n) is 3.38. The molecule has 138 valence electrons. The first-order valence-electron chi connectivity index (χ1n) is 9.32. The van der Waals surface area contributed by atoms with E-state index in [0.29, 0.717) is 13.0 Å². The van der Waals surface area contributed by atoms with Gasteiger partial charge >= 0.3 is 0 Å². The number of benzene rings is 3. The zero-order valence-corrected chi connectivity index (χ0v) is 15.5. The molecule has 0 fully saturated rings. The van der Waals surface area contributed by atoms with Gasteiger partial charge in [0.25, 0.3) is 0 Å². The van der Waals surface area contributed by atoms with Crippen LogP contribution in [0.2, 0.25) is 0 Å². The SMILES string of the molecule is O=C(CCn1c2ccccc2c2ccccc21)N/N=C\C=C\c1ccccc1. The molecule has 0 spiro atoms. The van der Waals surface area contributed by atoms with E-state index in [-0.39, 0.29) is 5.91 Å². The third kappa shape index (κ3) is 3.86. The van der Waals surface area contributed by atoms with Crippen molar-refractivity contribution in [2.75, 3.05) is 0 Å². The predicted molar refractivity (Wildman–Crippen MR) is 116 cm³/mol. The molecule has 4 rings (SSSR count). The van der Waals surface area contributed by atoms with Crippen molar-refractivity contribution in [3.05, 3.63) is 90.5 Å². The summed E-state index contributed by atoms with van der Waals surface area (Å²) in [4.78, 5) is 12.2. The Morgan fingerprint density at radius 3 is 2.14 bits per heavy atom. The molecule has 0 radical (unpaired) electrons. The third-order valence-corrected chi connectivity index (χ3v) is 4.68. The van der Waals surface area contributed by atoms with Gasteiger partial charge in [0.1, 0.15) is 0 Å². The Morgan fingerprint density at radius 1 is 0.857 bits per heavy atom. The lowest BCUT2D eigenvalue weighted by molar-refractivity contribution is -0.121. The Kier molecular flexibility index (Phi) is 5.29. The molecule has 28 heavy (non-hydrogen) atoms. The summed E-state index contributed by atoms with van der Waals surface area (Å²) in [5.74, 6) is -0.105. The smallest absolute Gasteiger partial charge is 0.241 e. The topological polar surface area (TPSA) is 46.4 Å². The molecule has 0 saturated heterocycles. The van der Waals surface area contributed by atoms with E-state index in [1.807, 2.05) is 66.7 Å². The fraction of sp³-hybridized carbons (Fsp3) is 0.0833. The molecule has 0 aliphatic rings. The van der Waals surface area contributed by atoms with Crippen molar-refractivity contribution >= 4 is 40.0 Å². The number of hydrogen-bond acceptors (Lipinski definition) is 2. The lowest BCUT2D eigenvalue weighted by Crippen LogP contribution is -2.19. The maximum atomic E-state index is 12.2. The third-order valence-electron chi connectivity index (χ3n) is 4.68. The number of hydrogen-bond donors (Lipinski definition) is 1. The van der Waals surface area contributed by atoms with E-state index in [9.17, 15) is 4.79 Å². The molecule has 4 heteroatoms. The van der Waals surface area contributed by atoms with E-state index in [4.69, 9.17) is 0 Å². The van der Waals surface area contributed by atoms with Crippen molar-refractivity contribution in [1.82, 2.24) is 9.99 Å². The Balaban J connectivity index is 1.40. The lowest BCUT2D eigenvalue weighted by Gasteiger charge is -2.06. The second-order valence-electron chi connectivity index (χ2n) is 6.52. The average Bonchev–Trinajstić information content (AvgIpc) is 3.07. The number of hydrazone groups is 1. The van der Waals surface area contributed by atoms with Gasteiger partial charge in [-0.3, -0.25) is 4.79 Å². The number of fused-ring (bicyclic) bond motifs is 3. The second kappa shape index (κ2) is 8.35. The largest absolute Gasteiger partial charge is 0.340 e. The Hall–Kier alpha value is -3.66. The van der Waals surface area contributed by atoms with E-state index in [1.165, 1.54) is 10.8 Å². The van der Waals surface area contributed by atoms with Crippen molar-refractivity contribution in [2.24, 2.45) is 5.10 Å². The van der Waals surface area contributed by atoms with Crippen molar-refractivity contribution in [3.8, 4) is 0 Å². The molecule has 4 nitrogen and oxygen atoms in total. The molecular weight excluding hydrogens is 346 g/mol. The monoisotopic (exact) mass is 367 g/mol. The van der Waals surface area contributed by atoms with Crippen LogP contribution < -0.4 is 5.43 Å². The van der Waals surface area contributed by atoms with Crippen LogP contribution >= 0.6 is 0 Å². The standard InChI is InChI=1S/C24H21N3O/c28-24(26-25-17-8-11-19-9-2-1-3-10-19)16-18-27-22-14-6-4-12-20(22)21-13-5-7-15-23(21)27/h1-15,17H,16,18H2,(H,26,28)/b11-8+,25-17-. The van der Waals surface area contributed by atoms with Gasteiger partial charge in [-0.1, -0.05) is 72.8 Å². The van der Waals surface area contributed by atoms with Crippen LogP contribution in [0.25, 0.3) is 27.9 Å². The number of nitrogens with one attached hydrogen (secondary N) is 1. The summed E-state index contributed by atoms with van der Waals surface area (Å²) in [6.07, 6.45) is 5.70. The van der Waals surface area contributed by atoms with Crippen LogP contribution in [-0.4, -0.2) is 16.7 Å². The molecule has 1 aromatic heterocycles. The molecule has 1 N–H and O–H groups in total. The van der Waals surface area contributed by atoms with Crippen molar-refractivity contribution < 1.29 is 4.79 Å². The highest BCUT2D eigenvalue weighted by molar-refractivity contribution is 6.08. The van der Waals surface area contributed by atoms with Crippen LogP contribution in [0.3, 0.4) is 0 Å². The van der Waals surface area contributed by atoms with Gasteiger partial charge in [-0.05, 0) is 23.8 Å². The van der Waals surface area contributed by atoms with E-state index >= 15 is 0 Å². The lowest BCUT2D eigenvalue weighted by atomic mass is 10.2. The Morgan fingerprint density at radius 2 is 1.46 bits per heavy atom. The average molecular weight is 367 g/mol. The first-order valence-corrected chi connectivity index (χ1v) is 9.32. The number of carbonyl (C=O) groups is 1. The van der Waals surface area contributed by atoms with Crippen LogP contribution in [0.15, 0.2) is 90.0 Å². The minimum absolute atomic E-state index is 0.105. The minimum atomic E-state index is -0.105. The highest BCUT2D eigenvalue weighted by Gasteiger charge is 2.10. The number of carbonyl (C=O) groups excluding carboxylic acids is 1. The van der Waals surface area contributed by atoms with Crippen LogP contribution in [0.4, 0.5) is 0 Å². The van der Waals surface area contributed by atoms with Gasteiger partial charge in [-0.15, -0.1) is 0 Å². The summed E-state index contributed by atoms with van der Waals surface area (Å²) in [5.41, 5.74) is 5.97. The molecule has 1 heterocycles. The number of nitrogens with zero attached hydrogens (tertiary/aromatic N) is 2. The summed E-state index contributed by atoms with van der Waals surface area (Å²) < 4.78 is 2.20. The molecule has 0 aliphatic carbocycles. The number of aryl methyl sites for hydroxylation is 1. The van der Waals surface area contributed by atoms with Gasteiger partial charge in [0.05, 0.1) is 0 Å². The second-order valence-corrected chi connectivity index (χ2v) is 6.52. The van der Waals surface area contributed by atoms with Crippen LogP contribution in [0, 0.1) is 0 Å². The number of rotatable bonds is 6. The molecule has 1 amide bonds. The Bertz CT molecular complexity index is 1100. The van der Waals surface area contributed by atoms with Gasteiger partial charge in [-0.25, -0.2) is 5.43 Å². The van der Waals surface area contributed by atoms with Crippen molar-refractivity contribution in [3.63, 3.8) is 0 Å². The molecule has 0 aliphatic heterocycles. The summed E-state index contributed by atoms with van der Waals surface area (Å²) in [5, 5.41) is 6.41. The molecule has 3 aromatic carbocycles. The highest BCUT2D eigenvalue weighted by Crippen LogP contribution is 2.28. The first-order chi connectivity index (χ1) is 13.8. The van der Waals surface area contributed by atoms with Crippen molar-refractivity contribution in [1.29, 1.82) is 0 Å². The van der Waals surface area contributed by atoms with E-state index in [1.54, 1.807) is 6.21 Å². The first kappa shape index (κ1) is 17.7. The number of amides is 1. The van der Waals surface area contributed by atoms with Gasteiger partial charge in [-0.2, -0.15) is 5.10 Å². The van der Waals surface area contributed by atoms with Gasteiger partial charge in [0.2, 0.25) is 5.91 Å². The summed E-state index contributed by atoms with van der Waals surface area (Å²) in [6, 6.07) is 26.5. The zero-order chi connectivity index (χ0) is 19.2. The van der Waals surface area contributed by atoms with E-state index in [0.717, 1.165) is 16.6 Å². The van der Waals surface area contributed by atoms with Crippen LogP contribution in [0.5, 0.6) is 0 Å². The molecule has 0 unspecified atom stereocenters. The van der Waals surface area contributed by atoms with E-state index < -0.39 is 0 Å². The van der Waals surface area contributed by atoms with Gasteiger partial charge in [0.15, 0.2) is 0 Å². The number of para-hydroxylation sites is 2. The molecule has 0 atom stereocenters. The van der Waals surface area contributed by atoms with Gasteiger partial charge < -0.3 is 4.57 Å². The summed E-state index contributed by atoms with van der Waals surface area (Å²) in [7, 11) is 0.